The minimum atomic E-state index is -0.309. The van der Waals surface area contributed by atoms with Gasteiger partial charge >= 0.3 is 5.97 Å². The maximum atomic E-state index is 12.0. The fraction of sp³-hybridized carbons (Fsp3) is 0.300. The monoisotopic (exact) mass is 310 g/mol. The Labute approximate surface area is 137 Å². The zero-order valence-electron chi connectivity index (χ0n) is 13.7. The highest BCUT2D eigenvalue weighted by Crippen LogP contribution is 2.21. The van der Waals surface area contributed by atoms with Crippen molar-refractivity contribution in [3.8, 4) is 11.1 Å². The first-order chi connectivity index (χ1) is 11.2. The zero-order chi connectivity index (χ0) is 16.7. The Balaban J connectivity index is 2.10. The Morgan fingerprint density at radius 3 is 1.83 bits per heavy atom. The molecule has 0 spiro atoms. The minimum Gasteiger partial charge on any atom is -0.462 e. The van der Waals surface area contributed by atoms with E-state index in [1.165, 1.54) is 0 Å². The number of ether oxygens (including phenoxy) is 1. The molecule has 0 fully saturated rings. The lowest BCUT2D eigenvalue weighted by Crippen LogP contribution is -2.04. The summed E-state index contributed by atoms with van der Waals surface area (Å²) >= 11 is 0. The lowest BCUT2D eigenvalue weighted by molar-refractivity contribution is 0.0526. The molecule has 0 N–H and O–H groups in total. The number of ketones is 1. The van der Waals surface area contributed by atoms with Gasteiger partial charge in [-0.3, -0.25) is 4.79 Å². The summed E-state index contributed by atoms with van der Waals surface area (Å²) in [5, 5.41) is 0. The van der Waals surface area contributed by atoms with Gasteiger partial charge in [0.2, 0.25) is 0 Å². The second-order valence-corrected chi connectivity index (χ2v) is 5.40. The Kier molecular flexibility index (Phi) is 6.10. The van der Waals surface area contributed by atoms with Crippen molar-refractivity contribution in [1.29, 1.82) is 0 Å². The van der Waals surface area contributed by atoms with Gasteiger partial charge in [-0.25, -0.2) is 4.79 Å². The van der Waals surface area contributed by atoms with Crippen LogP contribution < -0.4 is 0 Å². The molecule has 120 valence electrons. The molecule has 0 aliphatic heterocycles. The van der Waals surface area contributed by atoms with Crippen LogP contribution in [0.4, 0.5) is 0 Å². The van der Waals surface area contributed by atoms with Gasteiger partial charge in [0.05, 0.1) is 12.2 Å². The average molecular weight is 310 g/mol. The topological polar surface area (TPSA) is 43.4 Å². The van der Waals surface area contributed by atoms with Gasteiger partial charge in [-0.2, -0.15) is 0 Å². The number of carbonyl (C=O) groups excluding carboxylic acids is 2. The van der Waals surface area contributed by atoms with Gasteiger partial charge in [0.1, 0.15) is 0 Å². The van der Waals surface area contributed by atoms with Gasteiger partial charge in [-0.15, -0.1) is 0 Å². The summed E-state index contributed by atoms with van der Waals surface area (Å²) in [5.41, 5.74) is 3.32. The molecule has 0 heterocycles. The van der Waals surface area contributed by atoms with Crippen LogP contribution in [0.25, 0.3) is 11.1 Å². The van der Waals surface area contributed by atoms with Gasteiger partial charge in [-0.1, -0.05) is 49.7 Å². The summed E-state index contributed by atoms with van der Waals surface area (Å²) < 4.78 is 4.97. The molecule has 3 nitrogen and oxygen atoms in total. The molecule has 0 radical (unpaired) electrons. The summed E-state index contributed by atoms with van der Waals surface area (Å²) in [5.74, 6) is -0.119. The summed E-state index contributed by atoms with van der Waals surface area (Å²) in [6.07, 6.45) is 2.55. The molecule has 0 aliphatic rings. The normalized spacial score (nSPS) is 10.3. The number of unbranched alkanes of at least 4 members (excludes halogenated alkanes) is 1. The number of Topliss-reactive ketones (excluding diaryl/α,β-unsaturated/α-hetero) is 1. The molecular formula is C20H22O3. The third kappa shape index (κ3) is 4.52. The fourth-order valence-corrected chi connectivity index (χ4v) is 2.34. The Morgan fingerprint density at radius 1 is 0.826 bits per heavy atom. The van der Waals surface area contributed by atoms with Crippen LogP contribution in [0.5, 0.6) is 0 Å². The Bertz CT molecular complexity index is 654. The number of rotatable bonds is 7. The highest BCUT2D eigenvalue weighted by molar-refractivity contribution is 5.96. The first kappa shape index (κ1) is 16.9. The van der Waals surface area contributed by atoms with Crippen molar-refractivity contribution in [1.82, 2.24) is 0 Å². The fourth-order valence-electron chi connectivity index (χ4n) is 2.34. The lowest BCUT2D eigenvalue weighted by atomic mass is 10.00. The van der Waals surface area contributed by atoms with Crippen molar-refractivity contribution in [3.63, 3.8) is 0 Å². The molecule has 0 saturated heterocycles. The standard InChI is InChI=1S/C20H22O3/c1-3-5-6-19(21)17-11-7-15(8-12-17)16-9-13-18(14-10-16)20(22)23-4-2/h7-14H,3-6H2,1-2H3. The Morgan fingerprint density at radius 2 is 1.35 bits per heavy atom. The van der Waals surface area contributed by atoms with Crippen LogP contribution >= 0.6 is 0 Å². The van der Waals surface area contributed by atoms with Crippen LogP contribution in [-0.4, -0.2) is 18.4 Å². The third-order valence-corrected chi connectivity index (χ3v) is 3.69. The number of carbonyl (C=O) groups is 2. The quantitative estimate of drug-likeness (QED) is 0.539. The molecule has 0 aliphatic carbocycles. The molecule has 0 saturated carbocycles. The molecule has 0 atom stereocenters. The highest BCUT2D eigenvalue weighted by Gasteiger charge is 2.08. The Hall–Kier alpha value is -2.42. The maximum absolute atomic E-state index is 12.0. The maximum Gasteiger partial charge on any atom is 0.338 e. The van der Waals surface area contributed by atoms with Gasteiger partial charge in [-0.05, 0) is 36.6 Å². The number of esters is 1. The van der Waals surface area contributed by atoms with Crippen molar-refractivity contribution in [3.05, 3.63) is 59.7 Å². The van der Waals surface area contributed by atoms with Gasteiger partial charge < -0.3 is 4.74 Å². The van der Waals surface area contributed by atoms with Gasteiger partial charge in [0.25, 0.3) is 0 Å². The van der Waals surface area contributed by atoms with Gasteiger partial charge in [0.15, 0.2) is 5.78 Å². The van der Waals surface area contributed by atoms with E-state index in [9.17, 15) is 9.59 Å². The van der Waals surface area contributed by atoms with Crippen molar-refractivity contribution >= 4 is 11.8 Å². The van der Waals surface area contributed by atoms with Crippen LogP contribution in [0.3, 0.4) is 0 Å². The number of hydrogen-bond donors (Lipinski definition) is 0. The second kappa shape index (κ2) is 8.28. The molecule has 2 aromatic rings. The van der Waals surface area contributed by atoms with Crippen LogP contribution in [0, 0.1) is 0 Å². The number of benzene rings is 2. The summed E-state index contributed by atoms with van der Waals surface area (Å²) in [7, 11) is 0. The minimum absolute atomic E-state index is 0.191. The van der Waals surface area contributed by atoms with E-state index in [-0.39, 0.29) is 11.8 Å². The van der Waals surface area contributed by atoms with Crippen molar-refractivity contribution in [2.45, 2.75) is 33.1 Å². The van der Waals surface area contributed by atoms with E-state index in [0.717, 1.165) is 29.5 Å². The molecule has 2 aromatic carbocycles. The first-order valence-electron chi connectivity index (χ1n) is 8.06. The highest BCUT2D eigenvalue weighted by atomic mass is 16.5. The molecule has 23 heavy (non-hydrogen) atoms. The van der Waals surface area contributed by atoms with E-state index in [1.807, 2.05) is 36.4 Å². The average Bonchev–Trinajstić information content (AvgIpc) is 2.60. The lowest BCUT2D eigenvalue weighted by Gasteiger charge is -2.06. The zero-order valence-corrected chi connectivity index (χ0v) is 13.7. The van der Waals surface area contributed by atoms with Crippen LogP contribution in [0.1, 0.15) is 53.8 Å². The summed E-state index contributed by atoms with van der Waals surface area (Å²) in [6.45, 7) is 4.24. The largest absolute Gasteiger partial charge is 0.462 e. The van der Waals surface area contributed by atoms with Crippen molar-refractivity contribution < 1.29 is 14.3 Å². The predicted octanol–water partition coefficient (Wildman–Crippen LogP) is 4.90. The van der Waals surface area contributed by atoms with Crippen LogP contribution in [-0.2, 0) is 4.74 Å². The van der Waals surface area contributed by atoms with Crippen LogP contribution in [0.15, 0.2) is 48.5 Å². The summed E-state index contributed by atoms with van der Waals surface area (Å²) in [4.78, 5) is 23.6. The molecule has 3 heteroatoms. The molecule has 2 rings (SSSR count). The van der Waals surface area contributed by atoms with E-state index in [2.05, 4.69) is 6.92 Å². The molecule has 0 aromatic heterocycles. The first-order valence-corrected chi connectivity index (χ1v) is 8.06. The number of hydrogen-bond acceptors (Lipinski definition) is 3. The molecule has 0 unspecified atom stereocenters. The summed E-state index contributed by atoms with van der Waals surface area (Å²) in [6, 6.07) is 14.9. The van der Waals surface area contributed by atoms with E-state index in [4.69, 9.17) is 4.74 Å². The van der Waals surface area contributed by atoms with Crippen LogP contribution in [0.2, 0.25) is 0 Å². The smallest absolute Gasteiger partial charge is 0.338 e. The molecular weight excluding hydrogens is 288 g/mol. The van der Waals surface area contributed by atoms with E-state index >= 15 is 0 Å². The van der Waals surface area contributed by atoms with E-state index < -0.39 is 0 Å². The van der Waals surface area contributed by atoms with E-state index in [1.54, 1.807) is 19.1 Å². The predicted molar refractivity (Wildman–Crippen MR) is 91.7 cm³/mol. The third-order valence-electron chi connectivity index (χ3n) is 3.69. The SMILES string of the molecule is CCCCC(=O)c1ccc(-c2ccc(C(=O)OCC)cc2)cc1. The van der Waals surface area contributed by atoms with Gasteiger partial charge in [0, 0.05) is 12.0 Å². The molecule has 0 bridgehead atoms. The molecule has 0 amide bonds. The van der Waals surface area contributed by atoms with Crippen molar-refractivity contribution in [2.24, 2.45) is 0 Å². The van der Waals surface area contributed by atoms with E-state index in [0.29, 0.717) is 18.6 Å². The van der Waals surface area contributed by atoms with Crippen molar-refractivity contribution in [2.75, 3.05) is 6.61 Å². The second-order valence-electron chi connectivity index (χ2n) is 5.40.